The first kappa shape index (κ1) is 14.8. The molecule has 6 heteroatoms. The predicted octanol–water partition coefficient (Wildman–Crippen LogP) is 2.40. The lowest BCUT2D eigenvalue weighted by Crippen LogP contribution is -2.22. The zero-order valence-electron chi connectivity index (χ0n) is 14.0. The number of hydrogen-bond acceptors (Lipinski definition) is 5. The van der Waals surface area contributed by atoms with Crippen LogP contribution in [0.15, 0.2) is 36.8 Å². The Morgan fingerprint density at radius 2 is 2.04 bits per heavy atom. The molecular weight excluding hydrogens is 300 g/mol. The van der Waals surface area contributed by atoms with Crippen molar-refractivity contribution in [2.75, 3.05) is 11.9 Å². The van der Waals surface area contributed by atoms with Crippen LogP contribution in [0.5, 0.6) is 0 Å². The van der Waals surface area contributed by atoms with Crippen molar-refractivity contribution in [1.82, 2.24) is 24.5 Å². The number of aryl methyl sites for hydroxylation is 2. The summed E-state index contributed by atoms with van der Waals surface area (Å²) in [5, 5.41) is 0. The van der Waals surface area contributed by atoms with Crippen LogP contribution in [-0.4, -0.2) is 31.6 Å². The molecule has 0 spiro atoms. The minimum Gasteiger partial charge on any atom is -0.352 e. The normalized spacial score (nSPS) is 13.1. The molecule has 1 aliphatic rings. The molecule has 0 atom stereocenters. The van der Waals surface area contributed by atoms with Crippen molar-refractivity contribution in [1.29, 1.82) is 0 Å². The van der Waals surface area contributed by atoms with E-state index in [-0.39, 0.29) is 0 Å². The molecule has 0 unspecified atom stereocenters. The van der Waals surface area contributed by atoms with E-state index in [9.17, 15) is 0 Å². The molecule has 6 nitrogen and oxygen atoms in total. The summed E-state index contributed by atoms with van der Waals surface area (Å²) in [5.41, 5.74) is 3.25. The highest BCUT2D eigenvalue weighted by Gasteiger charge is 2.22. The average molecular weight is 320 g/mol. The van der Waals surface area contributed by atoms with Crippen molar-refractivity contribution in [3.8, 4) is 11.5 Å². The minimum absolute atomic E-state index is 0.706. The predicted molar refractivity (Wildman–Crippen MR) is 92.6 cm³/mol. The molecular formula is C18H20N6. The fourth-order valence-corrected chi connectivity index (χ4v) is 3.17. The molecule has 0 aliphatic heterocycles. The van der Waals surface area contributed by atoms with Gasteiger partial charge in [-0.1, -0.05) is 6.07 Å². The fourth-order valence-electron chi connectivity index (χ4n) is 3.17. The Balaban J connectivity index is 1.74. The summed E-state index contributed by atoms with van der Waals surface area (Å²) in [7, 11) is 4.08. The van der Waals surface area contributed by atoms with Gasteiger partial charge in [0.2, 0.25) is 0 Å². The Bertz CT molecular complexity index is 855. The summed E-state index contributed by atoms with van der Waals surface area (Å²) in [6.07, 6.45) is 8.76. The molecule has 0 fully saturated rings. The standard InChI is InChI=1S/C18H20N6/c1-23-11-10-20-16(23)12-24(2)18-13-6-5-8-14(13)21-17(22-18)15-7-3-4-9-19-15/h3-4,7,9-11H,5-6,8,12H2,1-2H3. The zero-order chi connectivity index (χ0) is 16.5. The number of pyridine rings is 1. The van der Waals surface area contributed by atoms with E-state index in [1.807, 2.05) is 42.2 Å². The molecule has 0 aromatic carbocycles. The van der Waals surface area contributed by atoms with E-state index >= 15 is 0 Å². The lowest BCUT2D eigenvalue weighted by molar-refractivity contribution is 0.751. The maximum atomic E-state index is 4.84. The second-order valence-corrected chi connectivity index (χ2v) is 6.18. The van der Waals surface area contributed by atoms with Gasteiger partial charge in [0.15, 0.2) is 5.82 Å². The van der Waals surface area contributed by atoms with Crippen LogP contribution >= 0.6 is 0 Å². The third-order valence-electron chi connectivity index (χ3n) is 4.47. The van der Waals surface area contributed by atoms with E-state index in [0.717, 1.165) is 42.3 Å². The van der Waals surface area contributed by atoms with Crippen LogP contribution in [-0.2, 0) is 26.4 Å². The maximum absolute atomic E-state index is 4.84. The van der Waals surface area contributed by atoms with Gasteiger partial charge in [-0.25, -0.2) is 15.0 Å². The summed E-state index contributed by atoms with van der Waals surface area (Å²) < 4.78 is 2.04. The Morgan fingerprint density at radius 1 is 1.12 bits per heavy atom. The summed E-state index contributed by atoms with van der Waals surface area (Å²) in [6, 6.07) is 5.83. The fraction of sp³-hybridized carbons (Fsp3) is 0.333. The Morgan fingerprint density at radius 3 is 2.79 bits per heavy atom. The van der Waals surface area contributed by atoms with E-state index < -0.39 is 0 Å². The summed E-state index contributed by atoms with van der Waals surface area (Å²) in [4.78, 5) is 20.6. The Kier molecular flexibility index (Phi) is 3.72. The Hall–Kier alpha value is -2.76. The topological polar surface area (TPSA) is 59.7 Å². The number of imidazole rings is 1. The van der Waals surface area contributed by atoms with Gasteiger partial charge in [0.05, 0.1) is 6.54 Å². The van der Waals surface area contributed by atoms with E-state index in [4.69, 9.17) is 9.97 Å². The molecule has 3 aromatic rings. The maximum Gasteiger partial charge on any atom is 0.180 e. The van der Waals surface area contributed by atoms with Crippen molar-refractivity contribution in [2.45, 2.75) is 25.8 Å². The van der Waals surface area contributed by atoms with Gasteiger partial charge in [0.25, 0.3) is 0 Å². The average Bonchev–Trinajstić information content (AvgIpc) is 3.24. The second-order valence-electron chi connectivity index (χ2n) is 6.18. The number of aromatic nitrogens is 5. The zero-order valence-corrected chi connectivity index (χ0v) is 14.0. The van der Waals surface area contributed by atoms with Gasteiger partial charge in [-0.05, 0) is 31.4 Å². The lowest BCUT2D eigenvalue weighted by atomic mass is 10.2. The first-order chi connectivity index (χ1) is 11.7. The number of fused-ring (bicyclic) bond motifs is 1. The van der Waals surface area contributed by atoms with Crippen LogP contribution in [0.2, 0.25) is 0 Å². The van der Waals surface area contributed by atoms with Crippen molar-refractivity contribution in [3.63, 3.8) is 0 Å². The number of nitrogens with zero attached hydrogens (tertiary/aromatic N) is 6. The molecule has 0 N–H and O–H groups in total. The van der Waals surface area contributed by atoms with Gasteiger partial charge >= 0.3 is 0 Å². The molecule has 0 amide bonds. The van der Waals surface area contributed by atoms with Crippen molar-refractivity contribution >= 4 is 5.82 Å². The van der Waals surface area contributed by atoms with E-state index in [0.29, 0.717) is 12.4 Å². The molecule has 0 saturated carbocycles. The molecule has 3 heterocycles. The molecule has 0 saturated heterocycles. The van der Waals surface area contributed by atoms with Crippen molar-refractivity contribution in [2.24, 2.45) is 7.05 Å². The molecule has 24 heavy (non-hydrogen) atoms. The van der Waals surface area contributed by atoms with Crippen LogP contribution in [0, 0.1) is 0 Å². The molecule has 1 aliphatic carbocycles. The van der Waals surface area contributed by atoms with Crippen LogP contribution in [0.25, 0.3) is 11.5 Å². The van der Waals surface area contributed by atoms with Gasteiger partial charge in [0.1, 0.15) is 17.3 Å². The number of rotatable bonds is 4. The number of hydrogen-bond donors (Lipinski definition) is 0. The third-order valence-corrected chi connectivity index (χ3v) is 4.47. The number of anilines is 1. The highest BCUT2D eigenvalue weighted by Crippen LogP contribution is 2.30. The molecule has 0 radical (unpaired) electrons. The summed E-state index contributed by atoms with van der Waals surface area (Å²) in [6.45, 7) is 0.717. The Labute approximate surface area is 141 Å². The third kappa shape index (κ3) is 2.64. The van der Waals surface area contributed by atoms with Crippen molar-refractivity contribution < 1.29 is 0 Å². The quantitative estimate of drug-likeness (QED) is 0.739. The first-order valence-corrected chi connectivity index (χ1v) is 8.21. The highest BCUT2D eigenvalue weighted by molar-refractivity contribution is 5.58. The van der Waals surface area contributed by atoms with Crippen LogP contribution < -0.4 is 4.90 Å². The van der Waals surface area contributed by atoms with Crippen LogP contribution in [0.4, 0.5) is 5.82 Å². The van der Waals surface area contributed by atoms with Crippen molar-refractivity contribution in [3.05, 3.63) is 53.9 Å². The van der Waals surface area contributed by atoms with Gasteiger partial charge in [-0.3, -0.25) is 4.98 Å². The minimum atomic E-state index is 0.706. The SMILES string of the molecule is CN(Cc1nccn1C)c1nc(-c2ccccn2)nc2c1CCC2. The van der Waals surface area contributed by atoms with E-state index in [1.54, 1.807) is 6.20 Å². The van der Waals surface area contributed by atoms with E-state index in [1.165, 1.54) is 5.56 Å². The molecule has 3 aromatic heterocycles. The first-order valence-electron chi connectivity index (χ1n) is 8.21. The highest BCUT2D eigenvalue weighted by atomic mass is 15.2. The van der Waals surface area contributed by atoms with Gasteiger partial charge in [-0.2, -0.15) is 0 Å². The molecule has 4 rings (SSSR count). The van der Waals surface area contributed by atoms with Crippen LogP contribution in [0.1, 0.15) is 23.5 Å². The molecule has 0 bridgehead atoms. The van der Waals surface area contributed by atoms with Crippen LogP contribution in [0.3, 0.4) is 0 Å². The van der Waals surface area contributed by atoms with Gasteiger partial charge in [-0.15, -0.1) is 0 Å². The van der Waals surface area contributed by atoms with E-state index in [2.05, 4.69) is 21.9 Å². The second kappa shape index (κ2) is 6.03. The lowest BCUT2D eigenvalue weighted by Gasteiger charge is -2.21. The largest absolute Gasteiger partial charge is 0.352 e. The van der Waals surface area contributed by atoms with Gasteiger partial charge in [0, 0.05) is 43.9 Å². The van der Waals surface area contributed by atoms with Gasteiger partial charge < -0.3 is 9.47 Å². The summed E-state index contributed by atoms with van der Waals surface area (Å²) >= 11 is 0. The smallest absolute Gasteiger partial charge is 0.180 e. The summed E-state index contributed by atoms with van der Waals surface area (Å²) in [5.74, 6) is 2.72. The molecule has 122 valence electrons. The monoisotopic (exact) mass is 320 g/mol.